The van der Waals surface area contributed by atoms with Crippen molar-refractivity contribution in [3.8, 4) is 0 Å². The zero-order valence-electron chi connectivity index (χ0n) is 7.19. The van der Waals surface area contributed by atoms with Crippen molar-refractivity contribution < 1.29 is 0 Å². The largest absolute Gasteiger partial charge is 0.318 e. The first kappa shape index (κ1) is 10.8. The highest BCUT2D eigenvalue weighted by atomic mass is 35.5. The molecule has 0 saturated carbocycles. The van der Waals surface area contributed by atoms with E-state index in [1.54, 1.807) is 6.07 Å². The van der Waals surface area contributed by atoms with Gasteiger partial charge in [-0.15, -0.1) is 0 Å². The Balaban J connectivity index is 2.56. The van der Waals surface area contributed by atoms with Gasteiger partial charge < -0.3 is 11.1 Å². The van der Waals surface area contributed by atoms with E-state index in [1.807, 2.05) is 12.1 Å². The van der Waals surface area contributed by atoms with Crippen LogP contribution in [0.3, 0.4) is 0 Å². The van der Waals surface area contributed by atoms with E-state index < -0.39 is 0 Å². The molecule has 72 valence electrons. The maximum atomic E-state index is 5.96. The zero-order valence-corrected chi connectivity index (χ0v) is 8.70. The number of benzene rings is 1. The molecule has 0 spiro atoms. The van der Waals surface area contributed by atoms with Gasteiger partial charge >= 0.3 is 0 Å². The second-order valence-electron chi connectivity index (χ2n) is 2.69. The lowest BCUT2D eigenvalue weighted by Crippen LogP contribution is -2.24. The lowest BCUT2D eigenvalue weighted by atomic mass is 10.1. The molecule has 0 amide bonds. The van der Waals surface area contributed by atoms with Crippen LogP contribution in [0, 0.1) is 0 Å². The minimum absolute atomic E-state index is 0.491. The van der Waals surface area contributed by atoms with Gasteiger partial charge in [0.15, 0.2) is 0 Å². The molecule has 0 radical (unpaired) electrons. The molecule has 0 atom stereocenters. The summed E-state index contributed by atoms with van der Waals surface area (Å²) < 4.78 is 0. The molecule has 1 aromatic rings. The summed E-state index contributed by atoms with van der Waals surface area (Å²) in [6.45, 7) is 1.32. The van der Waals surface area contributed by atoms with E-state index in [0.29, 0.717) is 16.7 Å². The van der Waals surface area contributed by atoms with Crippen molar-refractivity contribution in [2.24, 2.45) is 5.73 Å². The van der Waals surface area contributed by atoms with Crippen LogP contribution in [0.2, 0.25) is 10.0 Å². The number of hydrogen-bond donors (Lipinski definition) is 2. The van der Waals surface area contributed by atoms with E-state index >= 15 is 0 Å². The Kier molecular flexibility index (Phi) is 4.53. The molecule has 13 heavy (non-hydrogen) atoms. The highest BCUT2D eigenvalue weighted by Gasteiger charge is 1.99. The summed E-state index contributed by atoms with van der Waals surface area (Å²) in [5.74, 6) is 0. The summed E-state index contributed by atoms with van der Waals surface area (Å²) in [6, 6.07) is 5.52. The van der Waals surface area contributed by atoms with Crippen molar-refractivity contribution in [2.45, 2.75) is 6.42 Å². The van der Waals surface area contributed by atoms with Gasteiger partial charge in [0.25, 0.3) is 0 Å². The molecule has 1 rings (SSSR count). The maximum Gasteiger partial charge on any atom is 0.0453 e. The average molecular weight is 219 g/mol. The molecule has 0 aliphatic carbocycles. The highest BCUT2D eigenvalue weighted by Crippen LogP contribution is 2.20. The Morgan fingerprint density at radius 2 is 2.08 bits per heavy atom. The van der Waals surface area contributed by atoms with Gasteiger partial charge in [0.05, 0.1) is 0 Å². The predicted octanol–water partition coefficient (Wildman–Crippen LogP) is 2.04. The number of nitrogens with two attached hydrogens (primary N) is 1. The number of nitrogens with one attached hydrogen (secondary N) is 1. The molecule has 3 N–H and O–H groups in total. The smallest absolute Gasteiger partial charge is 0.0453 e. The van der Waals surface area contributed by atoms with Crippen LogP contribution in [-0.2, 0) is 6.42 Å². The second kappa shape index (κ2) is 5.45. The van der Waals surface area contributed by atoms with E-state index in [0.717, 1.165) is 18.5 Å². The first-order valence-corrected chi connectivity index (χ1v) is 4.84. The topological polar surface area (TPSA) is 38.0 Å². The van der Waals surface area contributed by atoms with E-state index in [2.05, 4.69) is 5.32 Å². The fourth-order valence-electron chi connectivity index (χ4n) is 1.05. The molecule has 0 aliphatic heterocycles. The molecule has 4 heteroatoms. The van der Waals surface area contributed by atoms with Gasteiger partial charge in [0.1, 0.15) is 0 Å². The van der Waals surface area contributed by atoms with Crippen LogP contribution in [0.25, 0.3) is 0 Å². The molecule has 0 fully saturated rings. The molecule has 0 aliphatic rings. The maximum absolute atomic E-state index is 5.96. The van der Waals surface area contributed by atoms with E-state index in [4.69, 9.17) is 28.9 Å². The summed E-state index contributed by atoms with van der Waals surface area (Å²) in [6.07, 6.45) is 0.868. The summed E-state index contributed by atoms with van der Waals surface area (Å²) in [7, 11) is 0. The second-order valence-corrected chi connectivity index (χ2v) is 3.53. The molecular weight excluding hydrogens is 207 g/mol. The summed E-state index contributed by atoms with van der Waals surface area (Å²) in [5.41, 5.74) is 6.38. The first-order chi connectivity index (χ1) is 6.24. The Labute approximate surface area is 88.0 Å². The Morgan fingerprint density at radius 3 is 2.69 bits per heavy atom. The van der Waals surface area contributed by atoms with Crippen LogP contribution < -0.4 is 11.1 Å². The van der Waals surface area contributed by atoms with E-state index in [1.165, 1.54) is 0 Å². The Morgan fingerprint density at radius 1 is 1.31 bits per heavy atom. The molecule has 0 saturated heterocycles. The summed E-state index contributed by atoms with van der Waals surface area (Å²) >= 11 is 11.7. The number of hydrogen-bond acceptors (Lipinski definition) is 2. The lowest BCUT2D eigenvalue weighted by Gasteiger charge is -2.04. The zero-order chi connectivity index (χ0) is 9.68. The van der Waals surface area contributed by atoms with E-state index in [-0.39, 0.29) is 0 Å². The third-order valence-corrected chi connectivity index (χ3v) is 2.32. The van der Waals surface area contributed by atoms with Gasteiger partial charge in [-0.3, -0.25) is 0 Å². The number of rotatable bonds is 4. The van der Waals surface area contributed by atoms with Crippen LogP contribution in [0.5, 0.6) is 0 Å². The molecule has 0 aromatic heterocycles. The van der Waals surface area contributed by atoms with Crippen molar-refractivity contribution in [1.82, 2.24) is 5.32 Å². The monoisotopic (exact) mass is 218 g/mol. The molecule has 1 aromatic carbocycles. The van der Waals surface area contributed by atoms with E-state index in [9.17, 15) is 0 Å². The van der Waals surface area contributed by atoms with Crippen molar-refractivity contribution in [1.29, 1.82) is 0 Å². The normalized spacial score (nSPS) is 10.4. The summed E-state index contributed by atoms with van der Waals surface area (Å²) in [4.78, 5) is 0. The molecule has 0 heterocycles. The third kappa shape index (κ3) is 3.53. The summed E-state index contributed by atoms with van der Waals surface area (Å²) in [5, 5.41) is 4.41. The van der Waals surface area contributed by atoms with Crippen LogP contribution in [0.15, 0.2) is 18.2 Å². The molecule has 2 nitrogen and oxygen atoms in total. The van der Waals surface area contributed by atoms with Gasteiger partial charge in [0.2, 0.25) is 0 Å². The van der Waals surface area contributed by atoms with Gasteiger partial charge in [-0.2, -0.15) is 0 Å². The fourth-order valence-corrected chi connectivity index (χ4v) is 1.55. The van der Waals surface area contributed by atoms with Crippen LogP contribution in [0.4, 0.5) is 0 Å². The van der Waals surface area contributed by atoms with Gasteiger partial charge in [-0.1, -0.05) is 29.3 Å². The van der Waals surface area contributed by atoms with Crippen LogP contribution in [0.1, 0.15) is 5.56 Å². The minimum atomic E-state index is 0.491. The predicted molar refractivity (Wildman–Crippen MR) is 57.2 cm³/mol. The van der Waals surface area contributed by atoms with Gasteiger partial charge in [-0.25, -0.2) is 0 Å². The van der Waals surface area contributed by atoms with Crippen molar-refractivity contribution >= 4 is 23.2 Å². The molecule has 0 bridgehead atoms. The van der Waals surface area contributed by atoms with Crippen molar-refractivity contribution in [3.05, 3.63) is 33.8 Å². The third-order valence-electron chi connectivity index (χ3n) is 1.73. The van der Waals surface area contributed by atoms with Gasteiger partial charge in [0, 0.05) is 23.3 Å². The van der Waals surface area contributed by atoms with Crippen LogP contribution >= 0.6 is 23.2 Å². The first-order valence-electron chi connectivity index (χ1n) is 4.08. The lowest BCUT2D eigenvalue weighted by molar-refractivity contribution is 0.701. The van der Waals surface area contributed by atoms with Crippen LogP contribution in [-0.4, -0.2) is 13.2 Å². The Hall–Kier alpha value is -0.280. The molecular formula is C9H12Cl2N2. The van der Waals surface area contributed by atoms with Crippen molar-refractivity contribution in [2.75, 3.05) is 13.2 Å². The molecule has 0 unspecified atom stereocenters. The number of halogens is 2. The quantitative estimate of drug-likeness (QED) is 0.600. The Bertz CT molecular complexity index is 276. The minimum Gasteiger partial charge on any atom is -0.318 e. The van der Waals surface area contributed by atoms with Crippen molar-refractivity contribution in [3.63, 3.8) is 0 Å². The average Bonchev–Trinajstić information content (AvgIpc) is 2.09. The fraction of sp³-hybridized carbons (Fsp3) is 0.333. The van der Waals surface area contributed by atoms with Gasteiger partial charge in [-0.05, 0) is 24.1 Å². The SMILES string of the molecule is NCNCCc1ccc(Cl)cc1Cl. The highest BCUT2D eigenvalue weighted by molar-refractivity contribution is 6.35. The standard InChI is InChI=1S/C9H12Cl2N2/c10-8-2-1-7(9(11)5-8)3-4-13-6-12/h1-2,5,13H,3-4,6,12H2.